The van der Waals surface area contributed by atoms with E-state index in [4.69, 9.17) is 20.6 Å². The lowest BCUT2D eigenvalue weighted by Gasteiger charge is -2.23. The monoisotopic (exact) mass is 563 g/mol. The Morgan fingerprint density at radius 3 is 1.88 bits per heavy atom. The molecule has 0 radical (unpaired) electrons. The predicted octanol–water partition coefficient (Wildman–Crippen LogP) is 3.29. The molecule has 0 aromatic heterocycles. The highest BCUT2D eigenvalue weighted by Gasteiger charge is 2.26. The van der Waals surface area contributed by atoms with E-state index in [1.807, 2.05) is 6.08 Å². The largest absolute Gasteiger partial charge is 0.466 e. The number of carbonyl (C=O) groups is 2. The maximum atomic E-state index is 11.9. The molecular weight excluding hydrogens is 514 g/mol. The Bertz CT molecular complexity index is 852. The second-order valence-electron chi connectivity index (χ2n) is 9.16. The Labute approximate surface area is 239 Å². The van der Waals surface area contributed by atoms with Crippen molar-refractivity contribution in [2.75, 3.05) is 26.8 Å². The first-order valence-corrected chi connectivity index (χ1v) is 13.8. The summed E-state index contributed by atoms with van der Waals surface area (Å²) in [6.45, 7) is 1.17. The molecule has 0 amide bonds. The van der Waals surface area contributed by atoms with Crippen LogP contribution in [0.2, 0.25) is 0 Å². The smallest absolute Gasteiger partial charge is 0.325 e. The van der Waals surface area contributed by atoms with Crippen LogP contribution in [0, 0.1) is 5.41 Å². The number of nitrogens with one attached hydrogen (secondary N) is 1. The number of allylic oxidation sites excluding steroid dienone is 10. The van der Waals surface area contributed by atoms with Gasteiger partial charge in [0.2, 0.25) is 0 Å². The highest BCUT2D eigenvalue weighted by atomic mass is 16.5. The number of hydrogen-bond acceptors (Lipinski definition) is 8. The Hall–Kier alpha value is -3.21. The van der Waals surface area contributed by atoms with Gasteiger partial charge in [-0.1, -0.05) is 67.7 Å². The molecule has 0 saturated heterocycles. The molecule has 10 heteroatoms. The van der Waals surface area contributed by atoms with Gasteiger partial charge in [0.1, 0.15) is 25.4 Å². The standard InChI is InChI=1S/C30H49N3O7/c1-3-4-5-6-7-8-9-10-11-12-13-14-15-16-17-18-19-20-27(36)39-22-21-25(34)29(38)26(35)24-40-28(37)23-33(2)30(31)32/h4-5,7-8,10-11,13-14,16-17,25-26,29,34-35,38H,3,6,9,12,15,18-24H2,1-2H3,(H3,31,32). The van der Waals surface area contributed by atoms with Gasteiger partial charge in [-0.2, -0.15) is 0 Å². The number of hydrogen-bond donors (Lipinski definition) is 5. The van der Waals surface area contributed by atoms with Gasteiger partial charge in [0.05, 0.1) is 12.7 Å². The number of ether oxygens (including phenoxy) is 2. The number of aliphatic hydroxyl groups is 3. The Balaban J connectivity index is 3.87. The highest BCUT2D eigenvalue weighted by molar-refractivity contribution is 5.80. The minimum atomic E-state index is -1.59. The van der Waals surface area contributed by atoms with Crippen molar-refractivity contribution in [1.29, 1.82) is 5.41 Å². The fourth-order valence-corrected chi connectivity index (χ4v) is 3.13. The lowest BCUT2D eigenvalue weighted by molar-refractivity contribution is -0.153. The summed E-state index contributed by atoms with van der Waals surface area (Å²) in [5, 5.41) is 37.1. The number of nitrogens with zero attached hydrogens (tertiary/aromatic N) is 1. The molecule has 226 valence electrons. The van der Waals surface area contributed by atoms with Crippen molar-refractivity contribution in [3.63, 3.8) is 0 Å². The summed E-state index contributed by atoms with van der Waals surface area (Å²) in [5.74, 6) is -1.48. The molecule has 0 aliphatic heterocycles. The maximum Gasteiger partial charge on any atom is 0.325 e. The molecule has 0 aromatic rings. The number of rotatable bonds is 22. The summed E-state index contributed by atoms with van der Waals surface area (Å²) in [6, 6.07) is 0. The van der Waals surface area contributed by atoms with Crippen molar-refractivity contribution in [3.05, 3.63) is 60.8 Å². The molecular formula is C30H49N3O7. The lowest BCUT2D eigenvalue weighted by Crippen LogP contribution is -2.42. The van der Waals surface area contributed by atoms with Crippen molar-refractivity contribution < 1.29 is 34.4 Å². The third-order valence-corrected chi connectivity index (χ3v) is 5.57. The van der Waals surface area contributed by atoms with Crippen molar-refractivity contribution >= 4 is 17.9 Å². The van der Waals surface area contributed by atoms with Crippen LogP contribution in [0.3, 0.4) is 0 Å². The van der Waals surface area contributed by atoms with Gasteiger partial charge in [0.15, 0.2) is 5.96 Å². The molecule has 40 heavy (non-hydrogen) atoms. The summed E-state index contributed by atoms with van der Waals surface area (Å²) in [4.78, 5) is 24.6. The molecule has 3 unspecified atom stereocenters. The first-order chi connectivity index (χ1) is 19.2. The third kappa shape index (κ3) is 21.7. The van der Waals surface area contributed by atoms with E-state index in [1.54, 1.807) is 0 Å². The first kappa shape index (κ1) is 36.8. The van der Waals surface area contributed by atoms with E-state index < -0.39 is 36.9 Å². The van der Waals surface area contributed by atoms with Crippen molar-refractivity contribution in [1.82, 2.24) is 4.90 Å². The normalized spacial score (nSPS) is 14.4. The molecule has 0 saturated carbocycles. The zero-order valence-corrected chi connectivity index (χ0v) is 24.0. The molecule has 6 N–H and O–H groups in total. The van der Waals surface area contributed by atoms with E-state index in [-0.39, 0.29) is 32.0 Å². The predicted molar refractivity (Wildman–Crippen MR) is 157 cm³/mol. The Kier molecular flexibility index (Phi) is 22.8. The molecule has 10 nitrogen and oxygen atoms in total. The van der Waals surface area contributed by atoms with Crippen LogP contribution in [0.5, 0.6) is 0 Å². The van der Waals surface area contributed by atoms with Crippen molar-refractivity contribution in [3.8, 4) is 0 Å². The van der Waals surface area contributed by atoms with Crippen molar-refractivity contribution in [2.24, 2.45) is 5.73 Å². The average molecular weight is 564 g/mol. The Morgan fingerprint density at radius 1 is 0.825 bits per heavy atom. The lowest BCUT2D eigenvalue weighted by atomic mass is 10.1. The van der Waals surface area contributed by atoms with E-state index in [1.165, 1.54) is 7.05 Å². The minimum absolute atomic E-state index is 0.0836. The first-order valence-electron chi connectivity index (χ1n) is 13.8. The van der Waals surface area contributed by atoms with E-state index in [2.05, 4.69) is 61.6 Å². The average Bonchev–Trinajstić information content (AvgIpc) is 2.92. The molecule has 0 fully saturated rings. The fraction of sp³-hybridized carbons (Fsp3) is 0.567. The summed E-state index contributed by atoms with van der Waals surface area (Å²) >= 11 is 0. The van der Waals surface area contributed by atoms with Crippen LogP contribution in [-0.4, -0.2) is 83.2 Å². The van der Waals surface area contributed by atoms with Crippen LogP contribution in [-0.2, 0) is 19.1 Å². The summed E-state index contributed by atoms with van der Waals surface area (Å²) in [6.07, 6.45) is 23.1. The second-order valence-corrected chi connectivity index (χ2v) is 9.16. The number of nitrogens with two attached hydrogens (primary N) is 1. The van der Waals surface area contributed by atoms with Crippen LogP contribution in [0.25, 0.3) is 0 Å². The van der Waals surface area contributed by atoms with Gasteiger partial charge >= 0.3 is 11.9 Å². The van der Waals surface area contributed by atoms with Gasteiger partial charge in [-0.3, -0.25) is 15.0 Å². The molecule has 0 aliphatic rings. The molecule has 0 bridgehead atoms. The van der Waals surface area contributed by atoms with Gasteiger partial charge in [-0.05, 0) is 44.9 Å². The summed E-state index contributed by atoms with van der Waals surface area (Å²) in [7, 11) is 1.42. The summed E-state index contributed by atoms with van der Waals surface area (Å²) in [5.41, 5.74) is 5.22. The van der Waals surface area contributed by atoms with E-state index in [0.29, 0.717) is 6.42 Å². The molecule has 0 spiro atoms. The van der Waals surface area contributed by atoms with Gasteiger partial charge in [0, 0.05) is 19.9 Å². The molecule has 0 aromatic carbocycles. The third-order valence-electron chi connectivity index (χ3n) is 5.57. The quantitative estimate of drug-likeness (QED) is 0.0437. The number of esters is 2. The fourth-order valence-electron chi connectivity index (χ4n) is 3.13. The topological polar surface area (TPSA) is 166 Å². The van der Waals surface area contributed by atoms with Gasteiger partial charge in [-0.15, -0.1) is 0 Å². The van der Waals surface area contributed by atoms with E-state index in [9.17, 15) is 24.9 Å². The highest BCUT2D eigenvalue weighted by Crippen LogP contribution is 2.07. The Morgan fingerprint density at radius 2 is 1.35 bits per heavy atom. The number of unbranched alkanes of at least 4 members (excludes halogenated alkanes) is 1. The van der Waals surface area contributed by atoms with Crippen LogP contribution in [0.1, 0.15) is 64.7 Å². The molecule has 0 rings (SSSR count). The van der Waals surface area contributed by atoms with E-state index in [0.717, 1.165) is 43.4 Å². The minimum Gasteiger partial charge on any atom is -0.466 e. The number of carbonyl (C=O) groups excluding carboxylic acids is 2. The van der Waals surface area contributed by atoms with Crippen LogP contribution in [0.15, 0.2) is 60.8 Å². The van der Waals surface area contributed by atoms with Crippen LogP contribution < -0.4 is 5.73 Å². The number of likely N-dealkylation sites (N-methyl/N-ethyl adjacent to an activating group) is 1. The van der Waals surface area contributed by atoms with Gasteiger partial charge in [-0.25, -0.2) is 0 Å². The molecule has 0 heterocycles. The summed E-state index contributed by atoms with van der Waals surface area (Å²) < 4.78 is 9.88. The van der Waals surface area contributed by atoms with E-state index >= 15 is 0 Å². The van der Waals surface area contributed by atoms with Crippen molar-refractivity contribution in [2.45, 2.75) is 83.0 Å². The number of guanidine groups is 1. The zero-order valence-electron chi connectivity index (χ0n) is 24.0. The maximum absolute atomic E-state index is 11.9. The van der Waals surface area contributed by atoms with Gasteiger partial charge < -0.3 is 35.4 Å². The SMILES string of the molecule is CCC=CCC=CCC=CCC=CCC=CCCCC(=O)OCCC(O)C(O)C(O)COC(=O)CN(C)C(=N)N. The number of aliphatic hydroxyl groups excluding tert-OH is 3. The van der Waals surface area contributed by atoms with Crippen LogP contribution >= 0.6 is 0 Å². The van der Waals surface area contributed by atoms with Crippen LogP contribution in [0.4, 0.5) is 0 Å². The molecule has 3 atom stereocenters. The second kappa shape index (κ2) is 24.8. The van der Waals surface area contributed by atoms with Gasteiger partial charge in [0.25, 0.3) is 0 Å². The molecule has 0 aliphatic carbocycles. The zero-order chi connectivity index (χ0) is 30.0.